The molecule has 0 aliphatic rings. The number of aromatic hydroxyl groups is 1. The molecule has 1 rings (SSSR count). The van der Waals surface area contributed by atoms with Crippen molar-refractivity contribution in [3.63, 3.8) is 0 Å². The Morgan fingerprint density at radius 3 is 2.91 bits per heavy atom. The largest absolute Gasteiger partial charge is 0.504 e. The summed E-state index contributed by atoms with van der Waals surface area (Å²) in [6.07, 6.45) is 0. The molecule has 0 fully saturated rings. The fourth-order valence-corrected chi connectivity index (χ4v) is 0.802. The van der Waals surface area contributed by atoms with Crippen LogP contribution in [0.25, 0.3) is 0 Å². The smallest absolute Gasteiger partial charge is 0.162 e. The first-order valence-corrected chi connectivity index (χ1v) is 3.45. The zero-order valence-electron chi connectivity index (χ0n) is 6.37. The van der Waals surface area contributed by atoms with Crippen molar-refractivity contribution in [2.75, 3.05) is 12.3 Å². The van der Waals surface area contributed by atoms with Gasteiger partial charge in [0.1, 0.15) is 0 Å². The van der Waals surface area contributed by atoms with Crippen LogP contribution in [-0.2, 0) is 0 Å². The van der Waals surface area contributed by atoms with Gasteiger partial charge in [0.25, 0.3) is 0 Å². The van der Waals surface area contributed by atoms with Gasteiger partial charge in [-0.1, -0.05) is 0 Å². The lowest BCUT2D eigenvalue weighted by molar-refractivity contribution is 0.318. The summed E-state index contributed by atoms with van der Waals surface area (Å²) in [5.41, 5.74) is 6.06. The second-order valence-electron chi connectivity index (χ2n) is 2.16. The Hall–Kier alpha value is -1.38. The van der Waals surface area contributed by atoms with E-state index in [-0.39, 0.29) is 5.75 Å². The van der Waals surface area contributed by atoms with Gasteiger partial charge >= 0.3 is 0 Å². The Morgan fingerprint density at radius 2 is 2.27 bits per heavy atom. The minimum Gasteiger partial charge on any atom is -0.504 e. The van der Waals surface area contributed by atoms with Gasteiger partial charge in [-0.15, -0.1) is 0 Å². The fraction of sp³-hybridized carbons (Fsp3) is 0.250. The van der Waals surface area contributed by atoms with Crippen LogP contribution in [0.3, 0.4) is 0 Å². The molecule has 1 aromatic rings. The molecule has 0 aliphatic carbocycles. The molecule has 3 N–H and O–H groups in total. The van der Waals surface area contributed by atoms with Crippen molar-refractivity contribution in [2.24, 2.45) is 0 Å². The van der Waals surface area contributed by atoms with E-state index in [1.165, 1.54) is 6.07 Å². The first-order chi connectivity index (χ1) is 5.24. The summed E-state index contributed by atoms with van der Waals surface area (Å²) in [4.78, 5) is 0. The molecular weight excluding hydrogens is 142 g/mol. The molecule has 60 valence electrons. The number of hydrogen-bond acceptors (Lipinski definition) is 3. The lowest BCUT2D eigenvalue weighted by atomic mass is 10.3. The van der Waals surface area contributed by atoms with Gasteiger partial charge in [0, 0.05) is 11.8 Å². The first-order valence-electron chi connectivity index (χ1n) is 3.45. The second kappa shape index (κ2) is 3.14. The van der Waals surface area contributed by atoms with Crippen molar-refractivity contribution in [2.45, 2.75) is 6.92 Å². The second-order valence-corrected chi connectivity index (χ2v) is 2.16. The molecule has 0 aliphatic heterocycles. The molecule has 3 heteroatoms. The molecule has 0 amide bonds. The normalized spacial score (nSPS) is 9.55. The molecule has 0 saturated heterocycles. The van der Waals surface area contributed by atoms with E-state index >= 15 is 0 Å². The van der Waals surface area contributed by atoms with Crippen LogP contribution in [0.5, 0.6) is 11.5 Å². The number of benzene rings is 1. The van der Waals surface area contributed by atoms with E-state index in [2.05, 4.69) is 0 Å². The minimum atomic E-state index is 0.126. The van der Waals surface area contributed by atoms with Crippen LogP contribution in [-0.4, -0.2) is 11.7 Å². The summed E-state index contributed by atoms with van der Waals surface area (Å²) in [7, 11) is 0. The Bertz CT molecular complexity index is 248. The van der Waals surface area contributed by atoms with Crippen molar-refractivity contribution in [1.29, 1.82) is 0 Å². The predicted molar refractivity (Wildman–Crippen MR) is 43.7 cm³/mol. The van der Waals surface area contributed by atoms with Crippen molar-refractivity contribution < 1.29 is 9.84 Å². The monoisotopic (exact) mass is 153 g/mol. The topological polar surface area (TPSA) is 55.5 Å². The van der Waals surface area contributed by atoms with Gasteiger partial charge in [-0.3, -0.25) is 0 Å². The van der Waals surface area contributed by atoms with E-state index in [1.54, 1.807) is 12.1 Å². The molecule has 1 aromatic carbocycles. The van der Waals surface area contributed by atoms with Crippen LogP contribution in [0.4, 0.5) is 5.69 Å². The quantitative estimate of drug-likeness (QED) is 0.498. The van der Waals surface area contributed by atoms with Crippen molar-refractivity contribution >= 4 is 5.69 Å². The van der Waals surface area contributed by atoms with Gasteiger partial charge in [-0.25, -0.2) is 0 Å². The van der Waals surface area contributed by atoms with E-state index in [0.29, 0.717) is 18.0 Å². The number of phenolic OH excluding ortho intramolecular Hbond substituents is 1. The molecule has 0 spiro atoms. The fourth-order valence-electron chi connectivity index (χ4n) is 0.802. The molecule has 0 atom stereocenters. The van der Waals surface area contributed by atoms with Crippen LogP contribution in [0.2, 0.25) is 0 Å². The first kappa shape index (κ1) is 7.72. The number of rotatable bonds is 2. The molecule has 3 nitrogen and oxygen atoms in total. The van der Waals surface area contributed by atoms with E-state index in [4.69, 9.17) is 10.5 Å². The van der Waals surface area contributed by atoms with Crippen LogP contribution in [0, 0.1) is 0 Å². The number of ether oxygens (including phenoxy) is 1. The maximum absolute atomic E-state index is 9.19. The van der Waals surface area contributed by atoms with Gasteiger partial charge in [0.2, 0.25) is 0 Å². The summed E-state index contributed by atoms with van der Waals surface area (Å²) in [6.45, 7) is 2.37. The molecular formula is C8H11NO2. The van der Waals surface area contributed by atoms with Crippen LogP contribution < -0.4 is 10.5 Å². The summed E-state index contributed by atoms with van der Waals surface area (Å²) >= 11 is 0. The maximum atomic E-state index is 9.19. The summed E-state index contributed by atoms with van der Waals surface area (Å²) in [6, 6.07) is 4.73. The third-order valence-electron chi connectivity index (χ3n) is 1.28. The number of nitrogen functional groups attached to an aromatic ring is 1. The van der Waals surface area contributed by atoms with E-state index in [9.17, 15) is 5.11 Å². The molecule has 0 heterocycles. The average Bonchev–Trinajstić information content (AvgIpc) is 1.98. The third kappa shape index (κ3) is 1.77. The molecule has 0 saturated carbocycles. The molecule has 0 aromatic heterocycles. The Kier molecular flexibility index (Phi) is 2.21. The van der Waals surface area contributed by atoms with Gasteiger partial charge in [0.05, 0.1) is 6.61 Å². The van der Waals surface area contributed by atoms with E-state index < -0.39 is 0 Å². The van der Waals surface area contributed by atoms with Gasteiger partial charge < -0.3 is 15.6 Å². The highest BCUT2D eigenvalue weighted by atomic mass is 16.5. The number of nitrogens with two attached hydrogens (primary N) is 1. The summed E-state index contributed by atoms with van der Waals surface area (Å²) in [5.74, 6) is 0.563. The van der Waals surface area contributed by atoms with Crippen molar-refractivity contribution in [3.8, 4) is 11.5 Å². The van der Waals surface area contributed by atoms with Crippen LogP contribution >= 0.6 is 0 Å². The molecule has 0 bridgehead atoms. The predicted octanol–water partition coefficient (Wildman–Crippen LogP) is 1.37. The van der Waals surface area contributed by atoms with Gasteiger partial charge in [-0.05, 0) is 19.1 Å². The summed E-state index contributed by atoms with van der Waals surface area (Å²) < 4.78 is 5.09. The van der Waals surface area contributed by atoms with Crippen LogP contribution in [0.15, 0.2) is 18.2 Å². The summed E-state index contributed by atoms with van der Waals surface area (Å²) in [5, 5.41) is 9.19. The highest BCUT2D eigenvalue weighted by molar-refractivity contribution is 5.51. The maximum Gasteiger partial charge on any atom is 0.162 e. The molecule has 0 radical (unpaired) electrons. The van der Waals surface area contributed by atoms with Crippen LogP contribution in [0.1, 0.15) is 6.92 Å². The lowest BCUT2D eigenvalue weighted by Crippen LogP contribution is -1.93. The van der Waals surface area contributed by atoms with Gasteiger partial charge in [0.15, 0.2) is 11.5 Å². The standard InChI is InChI=1S/C8H11NO2/c1-2-11-8-5-6(9)3-4-7(8)10/h3-5,10H,2,9H2,1H3. The lowest BCUT2D eigenvalue weighted by Gasteiger charge is -2.05. The number of anilines is 1. The third-order valence-corrected chi connectivity index (χ3v) is 1.28. The average molecular weight is 153 g/mol. The van der Waals surface area contributed by atoms with Gasteiger partial charge in [-0.2, -0.15) is 0 Å². The van der Waals surface area contributed by atoms with E-state index in [0.717, 1.165) is 0 Å². The highest BCUT2D eigenvalue weighted by Gasteiger charge is 1.99. The Labute approximate surface area is 65.4 Å². The zero-order chi connectivity index (χ0) is 8.27. The Morgan fingerprint density at radius 1 is 1.55 bits per heavy atom. The van der Waals surface area contributed by atoms with E-state index in [1.807, 2.05) is 6.92 Å². The highest BCUT2D eigenvalue weighted by Crippen LogP contribution is 2.27. The number of hydrogen-bond donors (Lipinski definition) is 2. The minimum absolute atomic E-state index is 0.126. The SMILES string of the molecule is CCOc1cc(N)ccc1O. The van der Waals surface area contributed by atoms with Crippen molar-refractivity contribution in [3.05, 3.63) is 18.2 Å². The van der Waals surface area contributed by atoms with Crippen molar-refractivity contribution in [1.82, 2.24) is 0 Å². The molecule has 0 unspecified atom stereocenters. The zero-order valence-corrected chi connectivity index (χ0v) is 6.37. The Balaban J connectivity index is 2.93. The molecule has 11 heavy (non-hydrogen) atoms. The number of phenols is 1.